The molecule has 28 heavy (non-hydrogen) atoms. The second-order valence-electron chi connectivity index (χ2n) is 6.66. The molecule has 2 aromatic carbocycles. The first-order chi connectivity index (χ1) is 13.6. The summed E-state index contributed by atoms with van der Waals surface area (Å²) in [6, 6.07) is 14.8. The average Bonchev–Trinajstić information content (AvgIpc) is 2.72. The van der Waals surface area contributed by atoms with Crippen molar-refractivity contribution in [1.82, 2.24) is 5.32 Å². The van der Waals surface area contributed by atoms with Crippen LogP contribution in [0.5, 0.6) is 5.75 Å². The van der Waals surface area contributed by atoms with Crippen LogP contribution in [0.3, 0.4) is 0 Å². The maximum absolute atomic E-state index is 12.7. The quantitative estimate of drug-likeness (QED) is 0.591. The molecule has 0 aromatic heterocycles. The van der Waals surface area contributed by atoms with Crippen LogP contribution in [0, 0.1) is 0 Å². The molecule has 0 aliphatic carbocycles. The summed E-state index contributed by atoms with van der Waals surface area (Å²) in [4.78, 5) is 25.2. The van der Waals surface area contributed by atoms with Crippen molar-refractivity contribution in [2.24, 2.45) is 0 Å². The van der Waals surface area contributed by atoms with Crippen LogP contribution in [-0.4, -0.2) is 24.5 Å². The number of hydrogen-bond donors (Lipinski definition) is 2. The number of carbonyl (C=O) groups excluding carboxylic acids is 2. The summed E-state index contributed by atoms with van der Waals surface area (Å²) in [7, 11) is 0. The van der Waals surface area contributed by atoms with E-state index in [9.17, 15) is 9.59 Å². The van der Waals surface area contributed by atoms with E-state index in [0.29, 0.717) is 30.0 Å². The molecule has 2 amide bonds. The Morgan fingerprint density at radius 1 is 1.00 bits per heavy atom. The van der Waals surface area contributed by atoms with Gasteiger partial charge in [-0.1, -0.05) is 51.5 Å². The molecule has 5 heteroatoms. The van der Waals surface area contributed by atoms with E-state index in [1.807, 2.05) is 31.2 Å². The van der Waals surface area contributed by atoms with Crippen LogP contribution in [0.1, 0.15) is 56.0 Å². The van der Waals surface area contributed by atoms with Gasteiger partial charge in [-0.05, 0) is 49.1 Å². The van der Waals surface area contributed by atoms with E-state index in [2.05, 4.69) is 24.5 Å². The molecule has 0 fully saturated rings. The fraction of sp³-hybridized carbons (Fsp3) is 0.391. The summed E-state index contributed by atoms with van der Waals surface area (Å²) in [6.45, 7) is 6.68. The van der Waals surface area contributed by atoms with Gasteiger partial charge in [0.15, 0.2) is 6.10 Å². The van der Waals surface area contributed by atoms with Crippen molar-refractivity contribution < 1.29 is 14.3 Å². The first kappa shape index (κ1) is 21.5. The largest absolute Gasteiger partial charge is 0.481 e. The maximum Gasteiger partial charge on any atom is 0.265 e. The minimum atomic E-state index is -0.635. The second-order valence-corrected chi connectivity index (χ2v) is 6.66. The number of unbranched alkanes of at least 4 members (excludes halogenated alkanes) is 1. The average molecular weight is 383 g/mol. The molecule has 2 rings (SSSR count). The molecule has 0 heterocycles. The number of anilines is 1. The van der Waals surface area contributed by atoms with Gasteiger partial charge in [-0.2, -0.15) is 0 Å². The number of aryl methyl sites for hydroxylation is 1. The highest BCUT2D eigenvalue weighted by molar-refractivity contribution is 6.04. The monoisotopic (exact) mass is 382 g/mol. The van der Waals surface area contributed by atoms with Crippen LogP contribution in [0.15, 0.2) is 48.5 Å². The minimum Gasteiger partial charge on any atom is -0.481 e. The SMILES string of the molecule is CCCCNC(=O)c1ccccc1NC(=O)C(CC)Oc1ccc(CC)cc1. The van der Waals surface area contributed by atoms with Gasteiger partial charge in [0.05, 0.1) is 11.3 Å². The smallest absolute Gasteiger partial charge is 0.265 e. The number of benzene rings is 2. The van der Waals surface area contributed by atoms with Crippen molar-refractivity contribution in [1.29, 1.82) is 0 Å². The highest BCUT2D eigenvalue weighted by Gasteiger charge is 2.21. The molecule has 5 nitrogen and oxygen atoms in total. The van der Waals surface area contributed by atoms with Crippen LogP contribution in [0.25, 0.3) is 0 Å². The topological polar surface area (TPSA) is 67.4 Å². The van der Waals surface area contributed by atoms with Crippen molar-refractivity contribution in [3.05, 3.63) is 59.7 Å². The molecule has 0 saturated heterocycles. The molecule has 2 N–H and O–H groups in total. The Hall–Kier alpha value is -2.82. The summed E-state index contributed by atoms with van der Waals surface area (Å²) in [5, 5.41) is 5.74. The third-order valence-electron chi connectivity index (χ3n) is 4.52. The van der Waals surface area contributed by atoms with Crippen molar-refractivity contribution in [2.75, 3.05) is 11.9 Å². The van der Waals surface area contributed by atoms with Crippen LogP contribution in [0.4, 0.5) is 5.69 Å². The molecule has 150 valence electrons. The van der Waals surface area contributed by atoms with Crippen molar-refractivity contribution >= 4 is 17.5 Å². The zero-order valence-corrected chi connectivity index (χ0v) is 17.0. The number of nitrogens with one attached hydrogen (secondary N) is 2. The third-order valence-corrected chi connectivity index (χ3v) is 4.52. The third kappa shape index (κ3) is 6.12. The highest BCUT2D eigenvalue weighted by Crippen LogP contribution is 2.19. The van der Waals surface area contributed by atoms with Crippen LogP contribution in [-0.2, 0) is 11.2 Å². The number of ether oxygens (including phenoxy) is 1. The summed E-state index contributed by atoms with van der Waals surface area (Å²) >= 11 is 0. The number of para-hydroxylation sites is 1. The molecular formula is C23H30N2O3. The number of rotatable bonds is 10. The first-order valence-corrected chi connectivity index (χ1v) is 10.0. The summed E-state index contributed by atoms with van der Waals surface area (Å²) < 4.78 is 5.86. The van der Waals surface area contributed by atoms with Gasteiger partial charge >= 0.3 is 0 Å². The Balaban J connectivity index is 2.06. The molecule has 0 radical (unpaired) electrons. The number of carbonyl (C=O) groups is 2. The molecule has 0 spiro atoms. The van der Waals surface area contributed by atoms with Gasteiger partial charge in [-0.15, -0.1) is 0 Å². The Morgan fingerprint density at radius 2 is 1.71 bits per heavy atom. The summed E-state index contributed by atoms with van der Waals surface area (Å²) in [5.74, 6) is 0.203. The van der Waals surface area contributed by atoms with Gasteiger partial charge in [0, 0.05) is 6.54 Å². The molecule has 1 atom stereocenters. The zero-order valence-electron chi connectivity index (χ0n) is 17.0. The standard InChI is InChI=1S/C23H30N2O3/c1-4-7-16-24-22(26)19-10-8-9-11-20(19)25-23(27)21(6-3)28-18-14-12-17(5-2)13-15-18/h8-15,21H,4-7,16H2,1-3H3,(H,24,26)(H,25,27). The molecule has 0 aliphatic rings. The predicted octanol–water partition coefficient (Wildman–Crippen LogP) is 4.58. The lowest BCUT2D eigenvalue weighted by atomic mass is 10.1. The van der Waals surface area contributed by atoms with Crippen LogP contribution in [0.2, 0.25) is 0 Å². The summed E-state index contributed by atoms with van der Waals surface area (Å²) in [6.07, 6.45) is 2.76. The van der Waals surface area contributed by atoms with Gasteiger partial charge in [0.1, 0.15) is 5.75 Å². The fourth-order valence-corrected chi connectivity index (χ4v) is 2.77. The Morgan fingerprint density at radius 3 is 2.36 bits per heavy atom. The number of hydrogen-bond acceptors (Lipinski definition) is 3. The van der Waals surface area contributed by atoms with Gasteiger partial charge in [0.2, 0.25) is 0 Å². The number of amides is 2. The predicted molar refractivity (Wildman–Crippen MR) is 113 cm³/mol. The Kier molecular flexibility index (Phi) is 8.53. The van der Waals surface area contributed by atoms with Crippen LogP contribution >= 0.6 is 0 Å². The molecule has 2 aromatic rings. The molecule has 0 aliphatic heterocycles. The molecule has 0 bridgehead atoms. The lowest BCUT2D eigenvalue weighted by molar-refractivity contribution is -0.122. The second kappa shape index (κ2) is 11.1. The minimum absolute atomic E-state index is 0.187. The fourth-order valence-electron chi connectivity index (χ4n) is 2.77. The van der Waals surface area contributed by atoms with Gasteiger partial charge in [-0.3, -0.25) is 9.59 Å². The van der Waals surface area contributed by atoms with Crippen LogP contribution < -0.4 is 15.4 Å². The van der Waals surface area contributed by atoms with E-state index in [0.717, 1.165) is 19.3 Å². The van der Waals surface area contributed by atoms with E-state index < -0.39 is 6.10 Å². The Labute approximate surface area is 167 Å². The first-order valence-electron chi connectivity index (χ1n) is 10.0. The van der Waals surface area contributed by atoms with Crippen molar-refractivity contribution in [2.45, 2.75) is 52.6 Å². The van der Waals surface area contributed by atoms with Gasteiger partial charge in [0.25, 0.3) is 11.8 Å². The molecular weight excluding hydrogens is 352 g/mol. The zero-order chi connectivity index (χ0) is 20.4. The lowest BCUT2D eigenvalue weighted by Crippen LogP contribution is -2.33. The van der Waals surface area contributed by atoms with Crippen molar-refractivity contribution in [3.63, 3.8) is 0 Å². The normalized spacial score (nSPS) is 11.5. The lowest BCUT2D eigenvalue weighted by Gasteiger charge is -2.18. The Bertz CT molecular complexity index is 772. The van der Waals surface area contributed by atoms with Gasteiger partial charge < -0.3 is 15.4 Å². The van der Waals surface area contributed by atoms with Gasteiger partial charge in [-0.25, -0.2) is 0 Å². The molecule has 1 unspecified atom stereocenters. The van der Waals surface area contributed by atoms with E-state index in [-0.39, 0.29) is 11.8 Å². The van der Waals surface area contributed by atoms with E-state index in [1.54, 1.807) is 24.3 Å². The van der Waals surface area contributed by atoms with Crippen molar-refractivity contribution in [3.8, 4) is 5.75 Å². The van der Waals surface area contributed by atoms with E-state index >= 15 is 0 Å². The molecule has 0 saturated carbocycles. The highest BCUT2D eigenvalue weighted by atomic mass is 16.5. The van der Waals surface area contributed by atoms with E-state index in [4.69, 9.17) is 4.74 Å². The summed E-state index contributed by atoms with van der Waals surface area (Å²) in [5.41, 5.74) is 2.16. The maximum atomic E-state index is 12.7. The van der Waals surface area contributed by atoms with E-state index in [1.165, 1.54) is 5.56 Å².